The first kappa shape index (κ1) is 13.9. The number of benzene rings is 1. The standard InChI is InChI=1S/C15H22N2O2/c1-4-19-13-7-5-12(6-8-13)14(18)17-10-9-16-11-15(17,2)3/h5-8,16H,4,9-11H2,1-3H3. The van der Waals surface area contributed by atoms with Gasteiger partial charge >= 0.3 is 0 Å². The second-order valence-corrected chi connectivity index (χ2v) is 5.40. The van der Waals surface area contributed by atoms with Crippen molar-refractivity contribution in [2.24, 2.45) is 0 Å². The van der Waals surface area contributed by atoms with E-state index in [1.54, 1.807) is 0 Å². The smallest absolute Gasteiger partial charge is 0.254 e. The molecule has 104 valence electrons. The fourth-order valence-electron chi connectivity index (χ4n) is 2.38. The molecule has 1 saturated heterocycles. The highest BCUT2D eigenvalue weighted by molar-refractivity contribution is 5.95. The normalized spacial score (nSPS) is 18.2. The lowest BCUT2D eigenvalue weighted by Crippen LogP contribution is -2.59. The molecule has 1 aromatic rings. The van der Waals surface area contributed by atoms with E-state index in [0.29, 0.717) is 6.61 Å². The second kappa shape index (κ2) is 5.61. The molecule has 4 heteroatoms. The molecule has 1 aromatic carbocycles. The summed E-state index contributed by atoms with van der Waals surface area (Å²) in [6.45, 7) is 9.19. The maximum absolute atomic E-state index is 12.5. The van der Waals surface area contributed by atoms with Gasteiger partial charge in [0.05, 0.1) is 12.1 Å². The summed E-state index contributed by atoms with van der Waals surface area (Å²) in [4.78, 5) is 14.5. The molecule has 0 spiro atoms. The van der Waals surface area contributed by atoms with Crippen LogP contribution in [0.3, 0.4) is 0 Å². The zero-order chi connectivity index (χ0) is 13.9. The van der Waals surface area contributed by atoms with Crippen LogP contribution in [-0.2, 0) is 0 Å². The van der Waals surface area contributed by atoms with Gasteiger partial charge in [0, 0.05) is 25.2 Å². The minimum atomic E-state index is -0.145. The monoisotopic (exact) mass is 262 g/mol. The predicted octanol–water partition coefficient (Wildman–Crippen LogP) is 1.91. The van der Waals surface area contributed by atoms with Crippen molar-refractivity contribution >= 4 is 5.91 Å². The Hall–Kier alpha value is -1.55. The highest BCUT2D eigenvalue weighted by atomic mass is 16.5. The lowest BCUT2D eigenvalue weighted by Gasteiger charge is -2.42. The SMILES string of the molecule is CCOc1ccc(C(=O)N2CCNCC2(C)C)cc1. The minimum absolute atomic E-state index is 0.0922. The van der Waals surface area contributed by atoms with Gasteiger partial charge in [-0.2, -0.15) is 0 Å². The molecule has 0 bridgehead atoms. The molecule has 0 aliphatic carbocycles. The summed E-state index contributed by atoms with van der Waals surface area (Å²) >= 11 is 0. The Morgan fingerprint density at radius 3 is 2.63 bits per heavy atom. The largest absolute Gasteiger partial charge is 0.494 e. The van der Waals surface area contributed by atoms with Crippen LogP contribution in [0.1, 0.15) is 31.1 Å². The van der Waals surface area contributed by atoms with E-state index in [1.165, 1.54) is 0 Å². The maximum atomic E-state index is 12.5. The molecule has 0 radical (unpaired) electrons. The molecular weight excluding hydrogens is 240 g/mol. The molecule has 0 aromatic heterocycles. The van der Waals surface area contributed by atoms with Gasteiger partial charge in [0.1, 0.15) is 5.75 Å². The summed E-state index contributed by atoms with van der Waals surface area (Å²) < 4.78 is 5.39. The fourth-order valence-corrected chi connectivity index (χ4v) is 2.38. The average molecular weight is 262 g/mol. The van der Waals surface area contributed by atoms with Crippen LogP contribution >= 0.6 is 0 Å². The van der Waals surface area contributed by atoms with E-state index in [0.717, 1.165) is 30.9 Å². The van der Waals surface area contributed by atoms with Crippen molar-refractivity contribution in [1.29, 1.82) is 0 Å². The summed E-state index contributed by atoms with van der Waals surface area (Å²) in [5.74, 6) is 0.896. The summed E-state index contributed by atoms with van der Waals surface area (Å²) in [7, 11) is 0. The number of nitrogens with zero attached hydrogens (tertiary/aromatic N) is 1. The van der Waals surface area contributed by atoms with Gasteiger partial charge in [0.15, 0.2) is 0 Å². The summed E-state index contributed by atoms with van der Waals surface area (Å²) in [5.41, 5.74) is 0.576. The van der Waals surface area contributed by atoms with E-state index in [-0.39, 0.29) is 11.4 Å². The zero-order valence-electron chi connectivity index (χ0n) is 11.9. The van der Waals surface area contributed by atoms with Crippen molar-refractivity contribution in [3.8, 4) is 5.75 Å². The zero-order valence-corrected chi connectivity index (χ0v) is 11.9. The number of carbonyl (C=O) groups excluding carboxylic acids is 1. The van der Waals surface area contributed by atoms with Crippen molar-refractivity contribution in [2.75, 3.05) is 26.2 Å². The summed E-state index contributed by atoms with van der Waals surface area (Å²) in [6, 6.07) is 7.38. The predicted molar refractivity (Wildman–Crippen MR) is 75.6 cm³/mol. The lowest BCUT2D eigenvalue weighted by atomic mass is 9.98. The van der Waals surface area contributed by atoms with Gasteiger partial charge in [-0.3, -0.25) is 4.79 Å². The van der Waals surface area contributed by atoms with Crippen LogP contribution in [0.4, 0.5) is 0 Å². The van der Waals surface area contributed by atoms with E-state index < -0.39 is 0 Å². The number of amides is 1. The third kappa shape index (κ3) is 3.07. The Balaban J connectivity index is 2.14. The number of rotatable bonds is 3. The summed E-state index contributed by atoms with van der Waals surface area (Å²) in [5, 5.41) is 3.32. The van der Waals surface area contributed by atoms with Crippen LogP contribution in [0.15, 0.2) is 24.3 Å². The molecule has 1 amide bonds. The van der Waals surface area contributed by atoms with Gasteiger partial charge in [-0.25, -0.2) is 0 Å². The quantitative estimate of drug-likeness (QED) is 0.904. The molecule has 0 saturated carbocycles. The maximum Gasteiger partial charge on any atom is 0.254 e. The molecule has 1 aliphatic rings. The molecule has 4 nitrogen and oxygen atoms in total. The van der Waals surface area contributed by atoms with Crippen molar-refractivity contribution in [1.82, 2.24) is 10.2 Å². The van der Waals surface area contributed by atoms with E-state index in [4.69, 9.17) is 4.74 Å². The Morgan fingerprint density at radius 2 is 2.05 bits per heavy atom. The Morgan fingerprint density at radius 1 is 1.37 bits per heavy atom. The van der Waals surface area contributed by atoms with Gasteiger partial charge in [-0.15, -0.1) is 0 Å². The Kier molecular flexibility index (Phi) is 4.10. The molecule has 1 fully saturated rings. The van der Waals surface area contributed by atoms with Crippen LogP contribution in [0.2, 0.25) is 0 Å². The summed E-state index contributed by atoms with van der Waals surface area (Å²) in [6.07, 6.45) is 0. The van der Waals surface area contributed by atoms with E-state index in [9.17, 15) is 4.79 Å². The van der Waals surface area contributed by atoms with Crippen molar-refractivity contribution in [2.45, 2.75) is 26.3 Å². The second-order valence-electron chi connectivity index (χ2n) is 5.40. The number of hydrogen-bond donors (Lipinski definition) is 1. The van der Waals surface area contributed by atoms with Crippen LogP contribution in [0, 0.1) is 0 Å². The Labute approximate surface area is 114 Å². The first-order valence-corrected chi connectivity index (χ1v) is 6.80. The fraction of sp³-hybridized carbons (Fsp3) is 0.533. The number of hydrogen-bond acceptors (Lipinski definition) is 3. The highest BCUT2D eigenvalue weighted by Crippen LogP contribution is 2.21. The van der Waals surface area contributed by atoms with Crippen LogP contribution < -0.4 is 10.1 Å². The molecule has 1 aliphatic heterocycles. The number of nitrogens with one attached hydrogen (secondary N) is 1. The van der Waals surface area contributed by atoms with Crippen molar-refractivity contribution in [3.05, 3.63) is 29.8 Å². The molecular formula is C15H22N2O2. The molecule has 1 N–H and O–H groups in total. The lowest BCUT2D eigenvalue weighted by molar-refractivity contribution is 0.0477. The minimum Gasteiger partial charge on any atom is -0.494 e. The van der Waals surface area contributed by atoms with Crippen molar-refractivity contribution < 1.29 is 9.53 Å². The molecule has 0 unspecified atom stereocenters. The van der Waals surface area contributed by atoms with E-state index in [2.05, 4.69) is 19.2 Å². The highest BCUT2D eigenvalue weighted by Gasteiger charge is 2.33. The topological polar surface area (TPSA) is 41.6 Å². The first-order chi connectivity index (χ1) is 9.04. The average Bonchev–Trinajstić information content (AvgIpc) is 2.39. The molecule has 2 rings (SSSR count). The van der Waals surface area contributed by atoms with Crippen molar-refractivity contribution in [3.63, 3.8) is 0 Å². The van der Waals surface area contributed by atoms with Gasteiger partial charge < -0.3 is 15.0 Å². The van der Waals surface area contributed by atoms with Gasteiger partial charge in [0.2, 0.25) is 0 Å². The molecule has 1 heterocycles. The van der Waals surface area contributed by atoms with Gasteiger partial charge in [-0.1, -0.05) is 0 Å². The molecule has 0 atom stereocenters. The number of ether oxygens (including phenoxy) is 1. The Bertz CT molecular complexity index is 440. The third-order valence-corrected chi connectivity index (χ3v) is 3.46. The van der Waals surface area contributed by atoms with Crippen LogP contribution in [0.5, 0.6) is 5.75 Å². The number of carbonyl (C=O) groups is 1. The third-order valence-electron chi connectivity index (χ3n) is 3.46. The van der Waals surface area contributed by atoms with Crippen LogP contribution in [0.25, 0.3) is 0 Å². The molecule has 19 heavy (non-hydrogen) atoms. The van der Waals surface area contributed by atoms with E-state index >= 15 is 0 Å². The van der Waals surface area contributed by atoms with Gasteiger partial charge in [0.25, 0.3) is 5.91 Å². The van der Waals surface area contributed by atoms with Crippen LogP contribution in [-0.4, -0.2) is 42.6 Å². The first-order valence-electron chi connectivity index (χ1n) is 6.80. The number of piperazine rings is 1. The van der Waals surface area contributed by atoms with Gasteiger partial charge in [-0.05, 0) is 45.0 Å². The van der Waals surface area contributed by atoms with E-state index in [1.807, 2.05) is 36.1 Å².